The highest BCUT2D eigenvalue weighted by Crippen LogP contribution is 2.32. The molecule has 2 aliphatic rings. The zero-order valence-electron chi connectivity index (χ0n) is 27.0. The monoisotopic (exact) mass is 606 g/mol. The molecule has 244 valence electrons. The maximum atomic E-state index is 14.1. The Morgan fingerprint density at radius 1 is 1.02 bits per heavy atom. The number of carbonyl (C=O) groups excluding carboxylic acids is 5. The predicted octanol–water partition coefficient (Wildman–Crippen LogP) is 4.00. The third-order valence-corrected chi connectivity index (χ3v) is 8.01. The molecule has 0 bridgehead atoms. The Morgan fingerprint density at radius 2 is 1.63 bits per heavy atom. The van der Waals surface area contributed by atoms with E-state index in [0.717, 1.165) is 44.9 Å². The summed E-state index contributed by atoms with van der Waals surface area (Å²) in [7, 11) is 0. The molecule has 0 aromatic heterocycles. The first kappa shape index (κ1) is 36.1. The minimum atomic E-state index is -1.23. The molecular formula is C32H54N4O7. The third kappa shape index (κ3) is 11.8. The van der Waals surface area contributed by atoms with Crippen LogP contribution in [0.2, 0.25) is 0 Å². The van der Waals surface area contributed by atoms with E-state index in [-0.39, 0.29) is 24.3 Å². The van der Waals surface area contributed by atoms with Crippen molar-refractivity contribution in [1.82, 2.24) is 20.9 Å². The van der Waals surface area contributed by atoms with Gasteiger partial charge in [-0.25, -0.2) is 4.79 Å². The number of alkyl carbamates (subject to hydrolysis) is 1. The van der Waals surface area contributed by atoms with E-state index in [1.807, 2.05) is 13.8 Å². The summed E-state index contributed by atoms with van der Waals surface area (Å²) >= 11 is 0. The smallest absolute Gasteiger partial charge is 0.408 e. The zero-order valence-corrected chi connectivity index (χ0v) is 27.0. The van der Waals surface area contributed by atoms with Gasteiger partial charge in [-0.15, -0.1) is 6.58 Å². The van der Waals surface area contributed by atoms with Crippen LogP contribution in [0.5, 0.6) is 0 Å². The number of ether oxygens (including phenoxy) is 2. The van der Waals surface area contributed by atoms with E-state index in [0.29, 0.717) is 25.8 Å². The first-order chi connectivity index (χ1) is 20.2. The summed E-state index contributed by atoms with van der Waals surface area (Å²) < 4.78 is 10.9. The molecule has 4 amide bonds. The van der Waals surface area contributed by atoms with Crippen LogP contribution in [0.1, 0.15) is 106 Å². The van der Waals surface area contributed by atoms with Crippen LogP contribution in [0, 0.1) is 11.8 Å². The SMILES string of the molecule is C=CCNC(=O)C(OC(C)=O)[C@@H]1CCCCCCCCC[C@H](NC(=O)OC(C)(C)C)C(=O)N2CC[C@H](C(C)C)[C@H]2C(=O)N1. The summed E-state index contributed by atoms with van der Waals surface area (Å²) in [6.45, 7) is 14.7. The first-order valence-electron chi connectivity index (χ1n) is 15.9. The Labute approximate surface area is 257 Å². The highest BCUT2D eigenvalue weighted by molar-refractivity contribution is 5.93. The number of nitrogens with zero attached hydrogens (tertiary/aromatic N) is 1. The Bertz CT molecular complexity index is 977. The van der Waals surface area contributed by atoms with Crippen molar-refractivity contribution in [1.29, 1.82) is 0 Å². The fraction of sp³-hybridized carbons (Fsp3) is 0.781. The molecule has 0 saturated carbocycles. The van der Waals surface area contributed by atoms with Gasteiger partial charge < -0.3 is 30.3 Å². The van der Waals surface area contributed by atoms with Gasteiger partial charge in [0.05, 0.1) is 6.04 Å². The average molecular weight is 607 g/mol. The second-order valence-electron chi connectivity index (χ2n) is 13.1. The molecular weight excluding hydrogens is 552 g/mol. The number of esters is 1. The van der Waals surface area contributed by atoms with Crippen LogP contribution in [0.15, 0.2) is 12.7 Å². The summed E-state index contributed by atoms with van der Waals surface area (Å²) in [5.41, 5.74) is -0.726. The maximum absolute atomic E-state index is 14.1. The molecule has 11 nitrogen and oxygen atoms in total. The predicted molar refractivity (Wildman–Crippen MR) is 164 cm³/mol. The van der Waals surface area contributed by atoms with Gasteiger partial charge in [-0.1, -0.05) is 64.9 Å². The molecule has 3 N–H and O–H groups in total. The Hall–Kier alpha value is -3.11. The molecule has 2 saturated heterocycles. The highest BCUT2D eigenvalue weighted by atomic mass is 16.6. The van der Waals surface area contributed by atoms with E-state index in [9.17, 15) is 24.0 Å². The summed E-state index contributed by atoms with van der Waals surface area (Å²) in [5, 5.41) is 8.48. The van der Waals surface area contributed by atoms with E-state index in [4.69, 9.17) is 9.47 Å². The van der Waals surface area contributed by atoms with Crippen LogP contribution in [-0.2, 0) is 28.7 Å². The minimum Gasteiger partial charge on any atom is -0.450 e. The van der Waals surface area contributed by atoms with Crippen molar-refractivity contribution in [2.45, 2.75) is 136 Å². The summed E-state index contributed by atoms with van der Waals surface area (Å²) in [6, 6.07) is -2.42. The summed E-state index contributed by atoms with van der Waals surface area (Å²) in [5.74, 6) is -1.91. The number of fused-ring (bicyclic) bond motifs is 1. The molecule has 5 atom stereocenters. The molecule has 11 heteroatoms. The lowest BCUT2D eigenvalue weighted by molar-refractivity contribution is -0.157. The number of rotatable bonds is 7. The number of nitrogens with one attached hydrogen (secondary N) is 3. The van der Waals surface area contributed by atoms with Crippen LogP contribution in [0.25, 0.3) is 0 Å². The van der Waals surface area contributed by atoms with Crippen molar-refractivity contribution in [2.24, 2.45) is 11.8 Å². The second kappa shape index (κ2) is 17.3. The quantitative estimate of drug-likeness (QED) is 0.294. The van der Waals surface area contributed by atoms with Crippen molar-refractivity contribution in [3.63, 3.8) is 0 Å². The van der Waals surface area contributed by atoms with Gasteiger partial charge in [0.1, 0.15) is 17.7 Å². The van der Waals surface area contributed by atoms with Crippen molar-refractivity contribution >= 4 is 29.8 Å². The largest absolute Gasteiger partial charge is 0.450 e. The Morgan fingerprint density at radius 3 is 2.19 bits per heavy atom. The number of amides is 4. The summed E-state index contributed by atoms with van der Waals surface area (Å²) in [6.07, 6.45) is 7.41. The molecule has 2 heterocycles. The standard InChI is InChI=1S/C32H54N4O7/c1-8-19-33-29(39)27(42-22(4)37)24-16-14-12-10-9-11-13-15-17-25(35-31(41)43-32(5,6)7)30(40)36-20-18-23(21(2)3)26(36)28(38)34-24/h8,21,23-27H,1,9-20H2,2-7H3,(H,33,39)(H,34,38)(H,35,41)/t23-,24+,25+,26+,27?/m1/s1. The van der Waals surface area contributed by atoms with Gasteiger partial charge in [-0.05, 0) is 51.9 Å². The topological polar surface area (TPSA) is 143 Å². The molecule has 1 unspecified atom stereocenters. The molecule has 0 aromatic rings. The van der Waals surface area contributed by atoms with Gasteiger partial charge >= 0.3 is 12.1 Å². The number of carbonyl (C=O) groups is 5. The number of hydrogen-bond acceptors (Lipinski definition) is 7. The van der Waals surface area contributed by atoms with Crippen LogP contribution in [0.4, 0.5) is 4.79 Å². The highest BCUT2D eigenvalue weighted by Gasteiger charge is 2.46. The molecule has 0 radical (unpaired) electrons. The summed E-state index contributed by atoms with van der Waals surface area (Å²) in [4.78, 5) is 67.6. The van der Waals surface area contributed by atoms with Crippen LogP contribution < -0.4 is 16.0 Å². The Kier molecular flexibility index (Phi) is 14.5. The Balaban J connectivity index is 2.44. The fourth-order valence-corrected chi connectivity index (χ4v) is 5.94. The number of hydrogen-bond donors (Lipinski definition) is 3. The fourth-order valence-electron chi connectivity index (χ4n) is 5.94. The van der Waals surface area contributed by atoms with Crippen molar-refractivity contribution in [3.05, 3.63) is 12.7 Å². The zero-order chi connectivity index (χ0) is 32.2. The molecule has 2 fully saturated rings. The van der Waals surface area contributed by atoms with Gasteiger partial charge in [-0.3, -0.25) is 19.2 Å². The van der Waals surface area contributed by atoms with Crippen molar-refractivity contribution < 1.29 is 33.4 Å². The van der Waals surface area contributed by atoms with Gasteiger partial charge in [0.2, 0.25) is 11.8 Å². The van der Waals surface area contributed by atoms with E-state index >= 15 is 0 Å². The van der Waals surface area contributed by atoms with Gasteiger partial charge in [-0.2, -0.15) is 0 Å². The third-order valence-electron chi connectivity index (χ3n) is 8.01. The van der Waals surface area contributed by atoms with Crippen LogP contribution in [-0.4, -0.2) is 77.6 Å². The lowest BCUT2D eigenvalue weighted by Gasteiger charge is -2.34. The lowest BCUT2D eigenvalue weighted by Crippen LogP contribution is -2.59. The molecule has 0 spiro atoms. The molecule has 0 aliphatic carbocycles. The van der Waals surface area contributed by atoms with E-state index in [1.54, 1.807) is 25.7 Å². The van der Waals surface area contributed by atoms with Crippen molar-refractivity contribution in [2.75, 3.05) is 13.1 Å². The molecule has 2 aliphatic heterocycles. The molecule has 2 rings (SSSR count). The first-order valence-corrected chi connectivity index (χ1v) is 15.9. The van der Waals surface area contributed by atoms with Gasteiger partial charge in [0, 0.05) is 20.0 Å². The minimum absolute atomic E-state index is 0.0926. The van der Waals surface area contributed by atoms with E-state index < -0.39 is 53.7 Å². The van der Waals surface area contributed by atoms with Gasteiger partial charge in [0.15, 0.2) is 6.10 Å². The van der Waals surface area contributed by atoms with Crippen LogP contribution >= 0.6 is 0 Å². The average Bonchev–Trinajstić information content (AvgIpc) is 3.36. The van der Waals surface area contributed by atoms with Gasteiger partial charge in [0.25, 0.3) is 5.91 Å². The van der Waals surface area contributed by atoms with E-state index in [2.05, 4.69) is 22.5 Å². The molecule has 43 heavy (non-hydrogen) atoms. The maximum Gasteiger partial charge on any atom is 0.408 e. The molecule has 0 aromatic carbocycles. The van der Waals surface area contributed by atoms with Crippen LogP contribution in [0.3, 0.4) is 0 Å². The van der Waals surface area contributed by atoms with E-state index in [1.165, 1.54) is 13.0 Å². The van der Waals surface area contributed by atoms with Crippen molar-refractivity contribution in [3.8, 4) is 0 Å². The second-order valence-corrected chi connectivity index (χ2v) is 13.1. The lowest BCUT2D eigenvalue weighted by atomic mass is 9.87. The normalized spacial score (nSPS) is 25.2.